The molecule has 0 radical (unpaired) electrons. The molecule has 2 aromatic rings. The van der Waals surface area contributed by atoms with Crippen LogP contribution in [0.5, 0.6) is 0 Å². The predicted molar refractivity (Wildman–Crippen MR) is 69.4 cm³/mol. The summed E-state index contributed by atoms with van der Waals surface area (Å²) in [5.74, 6) is 0. The van der Waals surface area contributed by atoms with E-state index in [2.05, 4.69) is 15.9 Å². The Bertz CT molecular complexity index is 537. The molecule has 80 valence electrons. The van der Waals surface area contributed by atoms with E-state index in [4.69, 9.17) is 5.73 Å². The normalized spacial score (nSPS) is 10.1. The molecule has 0 heterocycles. The Labute approximate surface area is 102 Å². The molecule has 2 nitrogen and oxygen atoms in total. The van der Waals surface area contributed by atoms with Gasteiger partial charge in [0.2, 0.25) is 0 Å². The number of hydrogen-bond donors (Lipinski definition) is 1. The molecular formula is C13H10BrNO. The van der Waals surface area contributed by atoms with Crippen LogP contribution in [0.15, 0.2) is 46.9 Å². The summed E-state index contributed by atoms with van der Waals surface area (Å²) in [5.41, 5.74) is 8.95. The second-order valence-corrected chi connectivity index (χ2v) is 4.35. The van der Waals surface area contributed by atoms with Crippen molar-refractivity contribution in [2.24, 2.45) is 0 Å². The van der Waals surface area contributed by atoms with Crippen LogP contribution in [0.3, 0.4) is 0 Å². The van der Waals surface area contributed by atoms with Crippen molar-refractivity contribution in [2.45, 2.75) is 0 Å². The van der Waals surface area contributed by atoms with Gasteiger partial charge in [0.25, 0.3) is 0 Å². The van der Waals surface area contributed by atoms with Gasteiger partial charge in [-0.05, 0) is 23.8 Å². The number of rotatable bonds is 2. The first-order valence-corrected chi connectivity index (χ1v) is 5.61. The zero-order valence-electron chi connectivity index (χ0n) is 8.48. The molecule has 0 aliphatic heterocycles. The van der Waals surface area contributed by atoms with Gasteiger partial charge < -0.3 is 5.73 Å². The monoisotopic (exact) mass is 275 g/mol. The topological polar surface area (TPSA) is 43.1 Å². The molecule has 0 atom stereocenters. The highest BCUT2D eigenvalue weighted by Crippen LogP contribution is 2.30. The highest BCUT2D eigenvalue weighted by atomic mass is 79.9. The number of nitrogen functional groups attached to an aromatic ring is 1. The van der Waals surface area contributed by atoms with Crippen molar-refractivity contribution in [3.05, 3.63) is 52.5 Å². The second kappa shape index (κ2) is 4.49. The Balaban J connectivity index is 2.66. The first kappa shape index (κ1) is 10.9. The Hall–Kier alpha value is -1.61. The summed E-state index contributed by atoms with van der Waals surface area (Å²) in [6, 6.07) is 13.0. The number of halogens is 1. The van der Waals surface area contributed by atoms with Crippen molar-refractivity contribution >= 4 is 27.9 Å². The smallest absolute Gasteiger partial charge is 0.150 e. The van der Waals surface area contributed by atoms with Gasteiger partial charge in [0, 0.05) is 21.3 Å². The summed E-state index contributed by atoms with van der Waals surface area (Å²) in [4.78, 5) is 10.9. The van der Waals surface area contributed by atoms with E-state index in [1.54, 1.807) is 6.07 Å². The summed E-state index contributed by atoms with van der Waals surface area (Å²) < 4.78 is 0.942. The number of hydrogen-bond acceptors (Lipinski definition) is 2. The summed E-state index contributed by atoms with van der Waals surface area (Å²) in [7, 11) is 0. The molecule has 0 bridgehead atoms. The van der Waals surface area contributed by atoms with E-state index in [1.165, 1.54) is 0 Å². The lowest BCUT2D eigenvalue weighted by molar-refractivity contribution is 0.112. The predicted octanol–water partition coefficient (Wildman–Crippen LogP) is 3.51. The van der Waals surface area contributed by atoms with Crippen molar-refractivity contribution in [3.63, 3.8) is 0 Å². The molecule has 0 unspecified atom stereocenters. The fourth-order valence-electron chi connectivity index (χ4n) is 1.61. The minimum absolute atomic E-state index is 0.646. The Morgan fingerprint density at radius 3 is 2.56 bits per heavy atom. The molecule has 0 saturated heterocycles. The minimum atomic E-state index is 0.646. The van der Waals surface area contributed by atoms with Gasteiger partial charge in [-0.2, -0.15) is 0 Å². The van der Waals surface area contributed by atoms with Gasteiger partial charge in [0.15, 0.2) is 6.29 Å². The number of benzene rings is 2. The number of carbonyl (C=O) groups excluding carboxylic acids is 1. The third kappa shape index (κ3) is 1.99. The van der Waals surface area contributed by atoms with Gasteiger partial charge in [0.1, 0.15) is 0 Å². The Kier molecular flexibility index (Phi) is 3.06. The zero-order valence-corrected chi connectivity index (χ0v) is 10.1. The fourth-order valence-corrected chi connectivity index (χ4v) is 1.97. The molecule has 0 aromatic heterocycles. The maximum Gasteiger partial charge on any atom is 0.150 e. The summed E-state index contributed by atoms with van der Waals surface area (Å²) in [6.45, 7) is 0. The van der Waals surface area contributed by atoms with Crippen LogP contribution in [-0.4, -0.2) is 6.29 Å². The molecule has 2 aromatic carbocycles. The maximum atomic E-state index is 10.9. The fraction of sp³-hybridized carbons (Fsp3) is 0. The minimum Gasteiger partial charge on any atom is -0.398 e. The molecule has 2 N–H and O–H groups in total. The van der Waals surface area contributed by atoms with Gasteiger partial charge in [0.05, 0.1) is 0 Å². The third-order valence-electron chi connectivity index (χ3n) is 2.39. The van der Waals surface area contributed by atoms with Crippen molar-refractivity contribution in [1.29, 1.82) is 0 Å². The van der Waals surface area contributed by atoms with Crippen molar-refractivity contribution < 1.29 is 4.79 Å². The van der Waals surface area contributed by atoms with Gasteiger partial charge in [-0.25, -0.2) is 0 Å². The lowest BCUT2D eigenvalue weighted by Crippen LogP contribution is -1.93. The first-order chi connectivity index (χ1) is 7.72. The molecule has 0 aliphatic carbocycles. The number of anilines is 1. The Morgan fingerprint density at radius 2 is 1.81 bits per heavy atom. The summed E-state index contributed by atoms with van der Waals surface area (Å²) in [6.07, 6.45) is 0.843. The molecule has 0 spiro atoms. The van der Waals surface area contributed by atoms with Crippen molar-refractivity contribution in [1.82, 2.24) is 0 Å². The van der Waals surface area contributed by atoms with E-state index < -0.39 is 0 Å². The van der Waals surface area contributed by atoms with E-state index in [-0.39, 0.29) is 0 Å². The molecule has 0 aliphatic rings. The maximum absolute atomic E-state index is 10.9. The zero-order chi connectivity index (χ0) is 11.5. The lowest BCUT2D eigenvalue weighted by atomic mass is 9.99. The number of aldehydes is 1. The lowest BCUT2D eigenvalue weighted by Gasteiger charge is -2.08. The van der Waals surface area contributed by atoms with E-state index in [9.17, 15) is 4.79 Å². The average molecular weight is 276 g/mol. The van der Waals surface area contributed by atoms with E-state index in [0.717, 1.165) is 21.9 Å². The van der Waals surface area contributed by atoms with Crippen LogP contribution in [0.25, 0.3) is 11.1 Å². The van der Waals surface area contributed by atoms with Gasteiger partial charge in [-0.15, -0.1) is 0 Å². The van der Waals surface area contributed by atoms with Crippen LogP contribution in [-0.2, 0) is 0 Å². The molecular weight excluding hydrogens is 266 g/mol. The van der Waals surface area contributed by atoms with Crippen LogP contribution in [0.4, 0.5) is 5.69 Å². The quantitative estimate of drug-likeness (QED) is 0.673. The molecule has 3 heteroatoms. The SMILES string of the molecule is Nc1ccc(Br)cc1-c1ccccc1C=O. The third-order valence-corrected chi connectivity index (χ3v) is 2.89. The highest BCUT2D eigenvalue weighted by Gasteiger charge is 2.07. The molecule has 16 heavy (non-hydrogen) atoms. The second-order valence-electron chi connectivity index (χ2n) is 3.44. The molecule has 0 fully saturated rings. The van der Waals surface area contributed by atoms with E-state index >= 15 is 0 Å². The van der Waals surface area contributed by atoms with Gasteiger partial charge in [-0.3, -0.25) is 4.79 Å². The van der Waals surface area contributed by atoms with Crippen molar-refractivity contribution in [3.8, 4) is 11.1 Å². The van der Waals surface area contributed by atoms with E-state index in [0.29, 0.717) is 11.3 Å². The van der Waals surface area contributed by atoms with Gasteiger partial charge >= 0.3 is 0 Å². The van der Waals surface area contributed by atoms with Crippen molar-refractivity contribution in [2.75, 3.05) is 5.73 Å². The van der Waals surface area contributed by atoms with E-state index in [1.807, 2.05) is 36.4 Å². The molecule has 0 saturated carbocycles. The van der Waals surface area contributed by atoms with Crippen LogP contribution < -0.4 is 5.73 Å². The van der Waals surface area contributed by atoms with Crippen LogP contribution >= 0.6 is 15.9 Å². The number of nitrogens with two attached hydrogens (primary N) is 1. The van der Waals surface area contributed by atoms with Gasteiger partial charge in [-0.1, -0.05) is 40.2 Å². The largest absolute Gasteiger partial charge is 0.398 e. The highest BCUT2D eigenvalue weighted by molar-refractivity contribution is 9.10. The standard InChI is InChI=1S/C13H10BrNO/c14-10-5-6-13(15)12(7-10)11-4-2-1-3-9(11)8-16/h1-8H,15H2. The van der Waals surface area contributed by atoms with Crippen LogP contribution in [0.2, 0.25) is 0 Å². The van der Waals surface area contributed by atoms with Crippen LogP contribution in [0.1, 0.15) is 10.4 Å². The Morgan fingerprint density at radius 1 is 1.06 bits per heavy atom. The first-order valence-electron chi connectivity index (χ1n) is 4.82. The molecule has 2 rings (SSSR count). The summed E-state index contributed by atoms with van der Waals surface area (Å²) in [5, 5.41) is 0. The van der Waals surface area contributed by atoms with Crippen LogP contribution in [0, 0.1) is 0 Å². The average Bonchev–Trinajstić information content (AvgIpc) is 2.32. The summed E-state index contributed by atoms with van der Waals surface area (Å²) >= 11 is 3.40. The molecule has 0 amide bonds. The number of carbonyl (C=O) groups is 1.